The zero-order chi connectivity index (χ0) is 19.2. The van der Waals surface area contributed by atoms with Crippen LogP contribution >= 0.6 is 0 Å². The molecule has 0 saturated carbocycles. The van der Waals surface area contributed by atoms with Gasteiger partial charge in [0.05, 0.1) is 16.6 Å². The highest BCUT2D eigenvalue weighted by Gasteiger charge is 2.21. The van der Waals surface area contributed by atoms with Gasteiger partial charge in [-0.1, -0.05) is 6.07 Å². The number of carbonyl (C=O) groups is 2. The van der Waals surface area contributed by atoms with Crippen LogP contribution in [-0.2, 0) is 24.3 Å². The highest BCUT2D eigenvalue weighted by atomic mass is 32.2. The Kier molecular flexibility index (Phi) is 7.13. The largest absolute Gasteiger partial charge is 0.452 e. The summed E-state index contributed by atoms with van der Waals surface area (Å²) in [5, 5.41) is 2.59. The van der Waals surface area contributed by atoms with Gasteiger partial charge >= 0.3 is 5.97 Å². The summed E-state index contributed by atoms with van der Waals surface area (Å²) < 4.78 is 37.5. The van der Waals surface area contributed by atoms with Gasteiger partial charge in [0.1, 0.15) is 0 Å². The van der Waals surface area contributed by atoms with Crippen LogP contribution in [0.3, 0.4) is 0 Å². The molecule has 9 heteroatoms. The summed E-state index contributed by atoms with van der Waals surface area (Å²) >= 11 is 0. The summed E-state index contributed by atoms with van der Waals surface area (Å²) in [7, 11) is -3.77. The van der Waals surface area contributed by atoms with Crippen LogP contribution < -0.4 is 10.0 Å². The van der Waals surface area contributed by atoms with Gasteiger partial charge in [-0.3, -0.25) is 4.79 Å². The van der Waals surface area contributed by atoms with Crippen LogP contribution in [0.1, 0.15) is 37.0 Å². The fourth-order valence-electron chi connectivity index (χ4n) is 2.46. The zero-order valence-electron chi connectivity index (χ0n) is 14.9. The second-order valence-electron chi connectivity index (χ2n) is 6.31. The average Bonchev–Trinajstić information content (AvgIpc) is 3.11. The SMILES string of the molecule is CC(C)NC(=O)COC(=O)c1cccc(S(=O)(=O)NC[C@H]2CCCO2)c1. The van der Waals surface area contributed by atoms with Crippen molar-refractivity contribution in [2.24, 2.45) is 0 Å². The molecule has 1 heterocycles. The van der Waals surface area contributed by atoms with Crippen molar-refractivity contribution in [1.82, 2.24) is 10.0 Å². The molecule has 0 unspecified atom stereocenters. The van der Waals surface area contributed by atoms with Crippen LogP contribution in [0.4, 0.5) is 0 Å². The molecular formula is C17H24N2O6S. The van der Waals surface area contributed by atoms with Crippen molar-refractivity contribution in [3.8, 4) is 0 Å². The molecule has 1 aliphatic heterocycles. The van der Waals surface area contributed by atoms with E-state index >= 15 is 0 Å². The van der Waals surface area contributed by atoms with Crippen molar-refractivity contribution in [2.45, 2.75) is 43.7 Å². The summed E-state index contributed by atoms with van der Waals surface area (Å²) in [4.78, 5) is 23.5. The van der Waals surface area contributed by atoms with E-state index < -0.39 is 28.5 Å². The molecule has 0 aromatic heterocycles. The number of amides is 1. The quantitative estimate of drug-likeness (QED) is 0.642. The lowest BCUT2D eigenvalue weighted by atomic mass is 10.2. The number of hydrogen-bond donors (Lipinski definition) is 2. The minimum Gasteiger partial charge on any atom is -0.452 e. The third-order valence-corrected chi connectivity index (χ3v) is 5.11. The van der Waals surface area contributed by atoms with E-state index in [0.717, 1.165) is 12.8 Å². The number of carbonyl (C=O) groups excluding carboxylic acids is 2. The molecule has 1 atom stereocenters. The third-order valence-electron chi connectivity index (χ3n) is 3.69. The van der Waals surface area contributed by atoms with Gasteiger partial charge in [-0.2, -0.15) is 0 Å². The molecular weight excluding hydrogens is 360 g/mol. The van der Waals surface area contributed by atoms with E-state index in [2.05, 4.69) is 10.0 Å². The first-order valence-corrected chi connectivity index (χ1v) is 9.94. The molecule has 0 spiro atoms. The summed E-state index contributed by atoms with van der Waals surface area (Å²) in [5.41, 5.74) is 0.0577. The smallest absolute Gasteiger partial charge is 0.338 e. The molecule has 8 nitrogen and oxygen atoms in total. The summed E-state index contributed by atoms with van der Waals surface area (Å²) in [6, 6.07) is 5.43. The topological polar surface area (TPSA) is 111 Å². The molecule has 1 fully saturated rings. The Hall–Kier alpha value is -1.97. The number of hydrogen-bond acceptors (Lipinski definition) is 6. The zero-order valence-corrected chi connectivity index (χ0v) is 15.7. The van der Waals surface area contributed by atoms with Crippen molar-refractivity contribution in [2.75, 3.05) is 19.8 Å². The molecule has 0 radical (unpaired) electrons. The van der Waals surface area contributed by atoms with E-state index in [4.69, 9.17) is 9.47 Å². The predicted octanol–water partition coefficient (Wildman–Crippen LogP) is 0.825. The standard InChI is InChI=1S/C17H24N2O6S/c1-12(2)19-16(20)11-25-17(21)13-5-3-7-15(9-13)26(22,23)18-10-14-6-4-8-24-14/h3,5,7,9,12,14,18H,4,6,8,10-11H2,1-2H3,(H,19,20)/t14-/m1/s1. The lowest BCUT2D eigenvalue weighted by molar-refractivity contribution is -0.124. The Morgan fingerprint density at radius 2 is 2.12 bits per heavy atom. The molecule has 144 valence electrons. The van der Waals surface area contributed by atoms with Gasteiger partial charge in [0.15, 0.2) is 6.61 Å². The van der Waals surface area contributed by atoms with Crippen molar-refractivity contribution in [3.05, 3.63) is 29.8 Å². The Bertz CT molecular complexity index is 741. The van der Waals surface area contributed by atoms with Crippen LogP contribution in [-0.4, -0.2) is 52.2 Å². The van der Waals surface area contributed by atoms with Gasteiger partial charge in [0.25, 0.3) is 5.91 Å². The molecule has 1 aromatic rings. The summed E-state index contributed by atoms with van der Waals surface area (Å²) in [6.07, 6.45) is 1.60. The molecule has 1 amide bonds. The van der Waals surface area contributed by atoms with Crippen molar-refractivity contribution < 1.29 is 27.5 Å². The first-order valence-electron chi connectivity index (χ1n) is 8.46. The van der Waals surface area contributed by atoms with Crippen LogP contribution in [0, 0.1) is 0 Å². The van der Waals surface area contributed by atoms with E-state index in [1.807, 2.05) is 0 Å². The van der Waals surface area contributed by atoms with Crippen LogP contribution in [0.25, 0.3) is 0 Å². The van der Waals surface area contributed by atoms with E-state index in [1.165, 1.54) is 24.3 Å². The van der Waals surface area contributed by atoms with Gasteiger partial charge in [-0.25, -0.2) is 17.9 Å². The normalized spacial score (nSPS) is 17.3. The summed E-state index contributed by atoms with van der Waals surface area (Å²) in [6.45, 7) is 3.98. The van der Waals surface area contributed by atoms with Crippen LogP contribution in [0.2, 0.25) is 0 Å². The molecule has 1 aromatic carbocycles. The number of benzene rings is 1. The second kappa shape index (κ2) is 9.11. The molecule has 0 bridgehead atoms. The molecule has 1 aliphatic rings. The number of sulfonamides is 1. The first kappa shape index (κ1) is 20.3. The highest BCUT2D eigenvalue weighted by molar-refractivity contribution is 7.89. The predicted molar refractivity (Wildman–Crippen MR) is 94.2 cm³/mol. The minimum atomic E-state index is -3.77. The van der Waals surface area contributed by atoms with Gasteiger partial charge in [0, 0.05) is 19.2 Å². The highest BCUT2D eigenvalue weighted by Crippen LogP contribution is 2.15. The monoisotopic (exact) mass is 384 g/mol. The van der Waals surface area contributed by atoms with E-state index in [-0.39, 0.29) is 29.1 Å². The Labute approximate surface area is 153 Å². The molecule has 2 N–H and O–H groups in total. The molecule has 2 rings (SSSR count). The number of ether oxygens (including phenoxy) is 2. The van der Waals surface area contributed by atoms with Crippen molar-refractivity contribution in [3.63, 3.8) is 0 Å². The lowest BCUT2D eigenvalue weighted by Gasteiger charge is -2.12. The van der Waals surface area contributed by atoms with Crippen LogP contribution in [0.15, 0.2) is 29.2 Å². The van der Waals surface area contributed by atoms with E-state index in [1.54, 1.807) is 13.8 Å². The molecule has 0 aliphatic carbocycles. The maximum absolute atomic E-state index is 12.4. The molecule has 26 heavy (non-hydrogen) atoms. The maximum Gasteiger partial charge on any atom is 0.338 e. The summed E-state index contributed by atoms with van der Waals surface area (Å²) in [5.74, 6) is -1.18. The van der Waals surface area contributed by atoms with E-state index in [9.17, 15) is 18.0 Å². The number of esters is 1. The molecule has 1 saturated heterocycles. The fraction of sp³-hybridized carbons (Fsp3) is 0.529. The number of nitrogens with one attached hydrogen (secondary N) is 2. The minimum absolute atomic E-state index is 0.0448. The van der Waals surface area contributed by atoms with E-state index in [0.29, 0.717) is 6.61 Å². The lowest BCUT2D eigenvalue weighted by Crippen LogP contribution is -2.34. The van der Waals surface area contributed by atoms with Crippen LogP contribution in [0.5, 0.6) is 0 Å². The average molecular weight is 384 g/mol. The first-order chi connectivity index (χ1) is 12.3. The van der Waals surface area contributed by atoms with Gasteiger partial charge in [0.2, 0.25) is 10.0 Å². The Balaban J connectivity index is 1.97. The number of rotatable bonds is 8. The van der Waals surface area contributed by atoms with Gasteiger partial charge in [-0.05, 0) is 44.9 Å². The third kappa shape index (κ3) is 6.08. The maximum atomic E-state index is 12.4. The Morgan fingerprint density at radius 1 is 1.35 bits per heavy atom. The Morgan fingerprint density at radius 3 is 2.77 bits per heavy atom. The van der Waals surface area contributed by atoms with Crippen molar-refractivity contribution in [1.29, 1.82) is 0 Å². The fourth-order valence-corrected chi connectivity index (χ4v) is 3.57. The van der Waals surface area contributed by atoms with Gasteiger partial charge in [-0.15, -0.1) is 0 Å². The van der Waals surface area contributed by atoms with Gasteiger partial charge < -0.3 is 14.8 Å². The van der Waals surface area contributed by atoms with Crippen molar-refractivity contribution >= 4 is 21.9 Å². The second-order valence-corrected chi connectivity index (χ2v) is 8.08.